The van der Waals surface area contributed by atoms with Gasteiger partial charge in [-0.25, -0.2) is 0 Å². The Morgan fingerprint density at radius 1 is 1.00 bits per heavy atom. The second-order valence-electron chi connectivity index (χ2n) is 4.59. The van der Waals surface area contributed by atoms with Crippen LogP contribution in [0, 0.1) is 0 Å². The van der Waals surface area contributed by atoms with Crippen LogP contribution >= 0.6 is 0 Å². The number of fused-ring (bicyclic) bond motifs is 1. The Kier molecular flexibility index (Phi) is 3.33. The Morgan fingerprint density at radius 2 is 1.76 bits per heavy atom. The molecule has 0 nitrogen and oxygen atoms in total. The highest BCUT2D eigenvalue weighted by molar-refractivity contribution is 5.92. The van der Waals surface area contributed by atoms with Gasteiger partial charge in [-0.1, -0.05) is 56.3 Å². The molecule has 0 N–H and O–H groups in total. The summed E-state index contributed by atoms with van der Waals surface area (Å²) < 4.78 is 0. The molecule has 2 aromatic rings. The Balaban J connectivity index is 2.82. The van der Waals surface area contributed by atoms with Crippen LogP contribution in [0.5, 0.6) is 0 Å². The van der Waals surface area contributed by atoms with E-state index in [0.717, 1.165) is 18.4 Å². The van der Waals surface area contributed by atoms with E-state index in [9.17, 15) is 0 Å². The van der Waals surface area contributed by atoms with Crippen molar-refractivity contribution >= 4 is 16.3 Å². The van der Waals surface area contributed by atoms with E-state index >= 15 is 0 Å². The van der Waals surface area contributed by atoms with E-state index in [2.05, 4.69) is 57.7 Å². The Bertz CT molecular complexity index is 562. The Hall–Kier alpha value is -1.56. The SMILES string of the molecule is C=C(C)c1ccc2c(CC)cccc2c1CC. The minimum atomic E-state index is 1.06. The minimum absolute atomic E-state index is 1.06. The molecule has 0 unspecified atom stereocenters. The molecular formula is C17H20. The summed E-state index contributed by atoms with van der Waals surface area (Å²) in [5, 5.41) is 2.80. The van der Waals surface area contributed by atoms with Gasteiger partial charge in [-0.3, -0.25) is 0 Å². The zero-order valence-electron chi connectivity index (χ0n) is 11.0. The van der Waals surface area contributed by atoms with E-state index in [4.69, 9.17) is 0 Å². The van der Waals surface area contributed by atoms with Crippen LogP contribution in [-0.2, 0) is 12.8 Å². The molecule has 0 fully saturated rings. The number of hydrogen-bond donors (Lipinski definition) is 0. The quantitative estimate of drug-likeness (QED) is 0.688. The molecule has 17 heavy (non-hydrogen) atoms. The third kappa shape index (κ3) is 2.00. The van der Waals surface area contributed by atoms with Crippen molar-refractivity contribution in [3.63, 3.8) is 0 Å². The molecule has 0 amide bonds. The van der Waals surface area contributed by atoms with Gasteiger partial charge in [0.1, 0.15) is 0 Å². The first-order valence-corrected chi connectivity index (χ1v) is 6.38. The van der Waals surface area contributed by atoms with Crippen LogP contribution in [0.2, 0.25) is 0 Å². The Labute approximate surface area is 104 Å². The number of hydrogen-bond acceptors (Lipinski definition) is 0. The van der Waals surface area contributed by atoms with Crippen molar-refractivity contribution in [3.05, 3.63) is 53.6 Å². The monoisotopic (exact) mass is 224 g/mol. The lowest BCUT2D eigenvalue weighted by Gasteiger charge is -2.13. The maximum atomic E-state index is 4.08. The zero-order chi connectivity index (χ0) is 12.4. The summed E-state index contributed by atoms with van der Waals surface area (Å²) in [6.07, 6.45) is 2.15. The van der Waals surface area contributed by atoms with Gasteiger partial charge in [0.05, 0.1) is 0 Å². The molecule has 0 bridgehead atoms. The molecule has 0 aliphatic heterocycles. The summed E-state index contributed by atoms with van der Waals surface area (Å²) in [4.78, 5) is 0. The molecule has 0 heterocycles. The van der Waals surface area contributed by atoms with Crippen LogP contribution in [0.15, 0.2) is 36.9 Å². The molecule has 0 aliphatic rings. The molecule has 0 aromatic heterocycles. The average Bonchev–Trinajstić information content (AvgIpc) is 2.36. The molecule has 0 saturated heterocycles. The van der Waals surface area contributed by atoms with E-state index in [1.165, 1.54) is 27.5 Å². The maximum absolute atomic E-state index is 4.08. The van der Waals surface area contributed by atoms with Crippen LogP contribution in [0.4, 0.5) is 0 Å². The third-order valence-corrected chi connectivity index (χ3v) is 3.46. The highest BCUT2D eigenvalue weighted by Crippen LogP contribution is 2.29. The molecule has 2 rings (SSSR count). The van der Waals surface area contributed by atoms with Gasteiger partial charge in [-0.05, 0) is 47.2 Å². The van der Waals surface area contributed by atoms with E-state index in [1.807, 2.05) is 0 Å². The van der Waals surface area contributed by atoms with Gasteiger partial charge >= 0.3 is 0 Å². The van der Waals surface area contributed by atoms with E-state index in [0.29, 0.717) is 0 Å². The fourth-order valence-electron chi connectivity index (χ4n) is 2.57. The molecule has 88 valence electrons. The van der Waals surface area contributed by atoms with Crippen LogP contribution in [-0.4, -0.2) is 0 Å². The number of rotatable bonds is 3. The molecule has 0 radical (unpaired) electrons. The number of benzene rings is 2. The number of allylic oxidation sites excluding steroid dienone is 1. The molecular weight excluding hydrogens is 204 g/mol. The van der Waals surface area contributed by atoms with E-state index in [-0.39, 0.29) is 0 Å². The largest absolute Gasteiger partial charge is 0.0955 e. The lowest BCUT2D eigenvalue weighted by Crippen LogP contribution is -1.94. The first kappa shape index (κ1) is 11.9. The normalized spacial score (nSPS) is 10.8. The van der Waals surface area contributed by atoms with Crippen molar-refractivity contribution < 1.29 is 0 Å². The fraction of sp³-hybridized carbons (Fsp3) is 0.294. The smallest absolute Gasteiger partial charge is 0.0143 e. The van der Waals surface area contributed by atoms with Crippen molar-refractivity contribution in [2.75, 3.05) is 0 Å². The van der Waals surface area contributed by atoms with Gasteiger partial charge in [0.2, 0.25) is 0 Å². The van der Waals surface area contributed by atoms with E-state index < -0.39 is 0 Å². The summed E-state index contributed by atoms with van der Waals surface area (Å²) in [6, 6.07) is 11.1. The lowest BCUT2D eigenvalue weighted by molar-refractivity contribution is 1.13. The first-order chi connectivity index (χ1) is 8.19. The molecule has 0 atom stereocenters. The molecule has 0 heteroatoms. The van der Waals surface area contributed by atoms with Crippen molar-refractivity contribution in [2.45, 2.75) is 33.6 Å². The summed E-state index contributed by atoms with van der Waals surface area (Å²) in [7, 11) is 0. The first-order valence-electron chi connectivity index (χ1n) is 6.38. The summed E-state index contributed by atoms with van der Waals surface area (Å²) in [5.41, 5.74) is 5.34. The average molecular weight is 224 g/mol. The predicted molar refractivity (Wildman–Crippen MR) is 77.4 cm³/mol. The van der Waals surface area contributed by atoms with Crippen LogP contribution < -0.4 is 0 Å². The standard InChI is InChI=1S/C17H20/c1-5-13-8-7-9-17-14(6-2)15(12(3)4)10-11-16(13)17/h7-11H,3,5-6H2,1-2,4H3. The van der Waals surface area contributed by atoms with Crippen LogP contribution in [0.25, 0.3) is 16.3 Å². The van der Waals surface area contributed by atoms with Crippen molar-refractivity contribution in [1.29, 1.82) is 0 Å². The number of aryl methyl sites for hydroxylation is 2. The second-order valence-corrected chi connectivity index (χ2v) is 4.59. The van der Waals surface area contributed by atoms with Crippen LogP contribution in [0.3, 0.4) is 0 Å². The highest BCUT2D eigenvalue weighted by Gasteiger charge is 2.08. The zero-order valence-corrected chi connectivity index (χ0v) is 11.0. The highest BCUT2D eigenvalue weighted by atomic mass is 14.1. The Morgan fingerprint density at radius 3 is 2.35 bits per heavy atom. The van der Waals surface area contributed by atoms with Gasteiger partial charge in [-0.15, -0.1) is 0 Å². The fourth-order valence-corrected chi connectivity index (χ4v) is 2.57. The van der Waals surface area contributed by atoms with Crippen molar-refractivity contribution in [2.24, 2.45) is 0 Å². The van der Waals surface area contributed by atoms with Crippen molar-refractivity contribution in [1.82, 2.24) is 0 Å². The van der Waals surface area contributed by atoms with Gasteiger partial charge in [0, 0.05) is 0 Å². The third-order valence-electron chi connectivity index (χ3n) is 3.46. The van der Waals surface area contributed by atoms with Crippen LogP contribution in [0.1, 0.15) is 37.5 Å². The lowest BCUT2D eigenvalue weighted by atomic mass is 9.91. The molecule has 0 spiro atoms. The minimum Gasteiger partial charge on any atom is -0.0955 e. The maximum Gasteiger partial charge on any atom is -0.0143 e. The predicted octanol–water partition coefficient (Wildman–Crippen LogP) is 5.00. The molecule has 0 aliphatic carbocycles. The molecule has 0 saturated carbocycles. The van der Waals surface area contributed by atoms with Gasteiger partial charge < -0.3 is 0 Å². The summed E-state index contributed by atoms with van der Waals surface area (Å²) in [5.74, 6) is 0. The van der Waals surface area contributed by atoms with Gasteiger partial charge in [0.15, 0.2) is 0 Å². The van der Waals surface area contributed by atoms with Gasteiger partial charge in [0.25, 0.3) is 0 Å². The summed E-state index contributed by atoms with van der Waals surface area (Å²) in [6.45, 7) is 10.6. The van der Waals surface area contributed by atoms with E-state index in [1.54, 1.807) is 0 Å². The molecule has 2 aromatic carbocycles. The summed E-state index contributed by atoms with van der Waals surface area (Å²) >= 11 is 0. The second kappa shape index (κ2) is 4.75. The topological polar surface area (TPSA) is 0 Å². The van der Waals surface area contributed by atoms with Crippen molar-refractivity contribution in [3.8, 4) is 0 Å². The van der Waals surface area contributed by atoms with Gasteiger partial charge in [-0.2, -0.15) is 0 Å².